The van der Waals surface area contributed by atoms with Crippen molar-refractivity contribution in [2.75, 3.05) is 19.5 Å². The molecule has 0 bridgehead atoms. The largest absolute Gasteiger partial charge is 0.497 e. The summed E-state index contributed by atoms with van der Waals surface area (Å²) in [5.41, 5.74) is 3.25. The molecule has 3 rings (SSSR count). The zero-order valence-electron chi connectivity index (χ0n) is 18.2. The first kappa shape index (κ1) is 24.5. The standard InChI is InChI=1S/C24H20BrN3O6/c1-32-19-9-6-15(7-10-19)24(31)34-21-11-8-17(25)12-16(21)14-26-28-23(30)22(29)27-18-4-3-5-20(13-18)33-2/h3-14H,1-2H3,(H,27,29)(H,28,30)/b26-14-. The lowest BCUT2D eigenvalue weighted by Gasteiger charge is -2.09. The Balaban J connectivity index is 1.65. The van der Waals surface area contributed by atoms with Crippen LogP contribution in [0.1, 0.15) is 15.9 Å². The molecule has 0 saturated carbocycles. The summed E-state index contributed by atoms with van der Waals surface area (Å²) in [4.78, 5) is 36.7. The molecule has 10 heteroatoms. The number of carbonyl (C=O) groups is 3. The topological polar surface area (TPSA) is 115 Å². The van der Waals surface area contributed by atoms with Crippen molar-refractivity contribution in [3.63, 3.8) is 0 Å². The van der Waals surface area contributed by atoms with E-state index in [1.54, 1.807) is 66.7 Å². The van der Waals surface area contributed by atoms with Gasteiger partial charge in [-0.15, -0.1) is 0 Å². The number of carbonyl (C=O) groups excluding carboxylic acids is 3. The van der Waals surface area contributed by atoms with E-state index in [4.69, 9.17) is 14.2 Å². The SMILES string of the molecule is COc1ccc(C(=O)Oc2ccc(Br)cc2/C=N\NC(=O)C(=O)Nc2cccc(OC)c2)cc1. The first-order chi connectivity index (χ1) is 16.4. The van der Waals surface area contributed by atoms with Crippen LogP contribution in [-0.2, 0) is 9.59 Å². The minimum absolute atomic E-state index is 0.211. The molecule has 0 aliphatic rings. The summed E-state index contributed by atoms with van der Waals surface area (Å²) in [5, 5.41) is 6.25. The minimum atomic E-state index is -0.981. The zero-order chi connectivity index (χ0) is 24.5. The maximum absolute atomic E-state index is 12.5. The maximum atomic E-state index is 12.5. The van der Waals surface area contributed by atoms with E-state index in [2.05, 4.69) is 31.8 Å². The number of hydrazone groups is 1. The van der Waals surface area contributed by atoms with Gasteiger partial charge in [-0.1, -0.05) is 22.0 Å². The van der Waals surface area contributed by atoms with E-state index in [1.807, 2.05) is 0 Å². The Morgan fingerprint density at radius 2 is 1.62 bits per heavy atom. The van der Waals surface area contributed by atoms with Crippen LogP contribution in [0.4, 0.5) is 5.69 Å². The molecule has 0 fully saturated rings. The maximum Gasteiger partial charge on any atom is 0.343 e. The van der Waals surface area contributed by atoms with Gasteiger partial charge in [-0.05, 0) is 54.6 Å². The van der Waals surface area contributed by atoms with E-state index >= 15 is 0 Å². The second-order valence-corrected chi connectivity index (χ2v) is 7.60. The number of hydrogen-bond acceptors (Lipinski definition) is 7. The van der Waals surface area contributed by atoms with Crippen LogP contribution in [0.3, 0.4) is 0 Å². The van der Waals surface area contributed by atoms with Crippen LogP contribution >= 0.6 is 15.9 Å². The number of amides is 2. The molecule has 0 aromatic heterocycles. The summed E-state index contributed by atoms with van der Waals surface area (Å²) in [6, 6.07) is 17.9. The van der Waals surface area contributed by atoms with Gasteiger partial charge < -0.3 is 19.5 Å². The van der Waals surface area contributed by atoms with E-state index in [9.17, 15) is 14.4 Å². The van der Waals surface area contributed by atoms with Crippen LogP contribution in [0.5, 0.6) is 17.2 Å². The summed E-state index contributed by atoms with van der Waals surface area (Å²) in [6.45, 7) is 0. The molecule has 0 saturated heterocycles. The molecule has 2 amide bonds. The van der Waals surface area contributed by atoms with Gasteiger partial charge in [0.25, 0.3) is 0 Å². The molecule has 0 radical (unpaired) electrons. The highest BCUT2D eigenvalue weighted by Gasteiger charge is 2.14. The lowest BCUT2D eigenvalue weighted by molar-refractivity contribution is -0.136. The molecule has 3 aromatic rings. The highest BCUT2D eigenvalue weighted by molar-refractivity contribution is 9.10. The Labute approximate surface area is 203 Å². The number of nitrogens with one attached hydrogen (secondary N) is 2. The normalized spacial score (nSPS) is 10.4. The molecular formula is C24H20BrN3O6. The number of halogens is 1. The monoisotopic (exact) mass is 525 g/mol. The molecule has 174 valence electrons. The summed E-state index contributed by atoms with van der Waals surface area (Å²) in [5.74, 6) is -1.12. The summed E-state index contributed by atoms with van der Waals surface area (Å²) >= 11 is 3.34. The van der Waals surface area contributed by atoms with Gasteiger partial charge in [0.15, 0.2) is 0 Å². The van der Waals surface area contributed by atoms with Crippen molar-refractivity contribution < 1.29 is 28.6 Å². The Morgan fingerprint density at radius 3 is 2.32 bits per heavy atom. The van der Waals surface area contributed by atoms with Crippen molar-refractivity contribution in [3.8, 4) is 17.2 Å². The molecule has 0 heterocycles. The van der Waals surface area contributed by atoms with Crippen LogP contribution in [0.15, 0.2) is 76.3 Å². The minimum Gasteiger partial charge on any atom is -0.497 e. The number of esters is 1. The van der Waals surface area contributed by atoms with E-state index < -0.39 is 17.8 Å². The average Bonchev–Trinajstić information content (AvgIpc) is 2.85. The Kier molecular flexibility index (Phi) is 8.36. The number of ether oxygens (including phenoxy) is 3. The highest BCUT2D eigenvalue weighted by Crippen LogP contribution is 2.23. The van der Waals surface area contributed by atoms with Crippen LogP contribution in [0.25, 0.3) is 0 Å². The fourth-order valence-electron chi connectivity index (χ4n) is 2.70. The van der Waals surface area contributed by atoms with Crippen LogP contribution in [0.2, 0.25) is 0 Å². The van der Waals surface area contributed by atoms with Gasteiger partial charge >= 0.3 is 17.8 Å². The van der Waals surface area contributed by atoms with Crippen molar-refractivity contribution in [2.45, 2.75) is 0 Å². The molecule has 34 heavy (non-hydrogen) atoms. The van der Waals surface area contributed by atoms with Crippen molar-refractivity contribution in [1.82, 2.24) is 5.43 Å². The lowest BCUT2D eigenvalue weighted by Crippen LogP contribution is -2.32. The summed E-state index contributed by atoms with van der Waals surface area (Å²) < 4.78 is 16.3. The lowest BCUT2D eigenvalue weighted by atomic mass is 10.2. The van der Waals surface area contributed by atoms with Gasteiger partial charge in [0.1, 0.15) is 17.2 Å². The molecule has 0 spiro atoms. The number of hydrogen-bond donors (Lipinski definition) is 2. The Bertz CT molecular complexity index is 1230. The molecule has 2 N–H and O–H groups in total. The van der Waals surface area contributed by atoms with Gasteiger partial charge in [-0.3, -0.25) is 9.59 Å². The van der Waals surface area contributed by atoms with E-state index in [0.717, 1.165) is 0 Å². The first-order valence-electron chi connectivity index (χ1n) is 9.84. The second kappa shape index (κ2) is 11.6. The zero-order valence-corrected chi connectivity index (χ0v) is 19.8. The third-order valence-corrected chi connectivity index (χ3v) is 4.90. The fraction of sp³-hybridized carbons (Fsp3) is 0.0833. The van der Waals surface area contributed by atoms with Crippen LogP contribution in [-0.4, -0.2) is 38.2 Å². The number of benzene rings is 3. The smallest absolute Gasteiger partial charge is 0.343 e. The first-order valence-corrected chi connectivity index (χ1v) is 10.6. The average molecular weight is 526 g/mol. The molecule has 3 aromatic carbocycles. The quantitative estimate of drug-likeness (QED) is 0.159. The number of anilines is 1. The third kappa shape index (κ3) is 6.66. The van der Waals surface area contributed by atoms with Gasteiger partial charge in [-0.2, -0.15) is 5.10 Å². The fourth-order valence-corrected chi connectivity index (χ4v) is 3.08. The third-order valence-electron chi connectivity index (χ3n) is 4.40. The van der Waals surface area contributed by atoms with Gasteiger partial charge in [0.2, 0.25) is 0 Å². The second-order valence-electron chi connectivity index (χ2n) is 6.69. The van der Waals surface area contributed by atoms with E-state index in [0.29, 0.717) is 32.8 Å². The predicted molar refractivity (Wildman–Crippen MR) is 129 cm³/mol. The Morgan fingerprint density at radius 1 is 0.882 bits per heavy atom. The molecular weight excluding hydrogens is 506 g/mol. The molecule has 0 aliphatic heterocycles. The van der Waals surface area contributed by atoms with Crippen LogP contribution in [0, 0.1) is 0 Å². The van der Waals surface area contributed by atoms with Crippen LogP contribution < -0.4 is 25.0 Å². The highest BCUT2D eigenvalue weighted by atomic mass is 79.9. The van der Waals surface area contributed by atoms with Gasteiger partial charge in [0.05, 0.1) is 26.0 Å². The van der Waals surface area contributed by atoms with Crippen molar-refractivity contribution >= 4 is 45.6 Å². The predicted octanol–water partition coefficient (Wildman–Crippen LogP) is 3.77. The van der Waals surface area contributed by atoms with E-state index in [1.165, 1.54) is 20.4 Å². The molecule has 0 atom stereocenters. The Hall–Kier alpha value is -4.18. The molecule has 0 aliphatic carbocycles. The van der Waals surface area contributed by atoms with Gasteiger partial charge in [0, 0.05) is 21.8 Å². The number of rotatable bonds is 7. The van der Waals surface area contributed by atoms with Crippen molar-refractivity contribution in [3.05, 3.63) is 82.3 Å². The molecule has 9 nitrogen and oxygen atoms in total. The number of methoxy groups -OCH3 is 2. The molecule has 0 unspecified atom stereocenters. The number of nitrogens with zero attached hydrogens (tertiary/aromatic N) is 1. The van der Waals surface area contributed by atoms with Crippen molar-refractivity contribution in [2.24, 2.45) is 5.10 Å². The van der Waals surface area contributed by atoms with Gasteiger partial charge in [-0.25, -0.2) is 10.2 Å². The van der Waals surface area contributed by atoms with E-state index in [-0.39, 0.29) is 5.75 Å². The summed E-state index contributed by atoms with van der Waals surface area (Å²) in [7, 11) is 3.02. The summed E-state index contributed by atoms with van der Waals surface area (Å²) in [6.07, 6.45) is 1.26. The van der Waals surface area contributed by atoms with Crippen molar-refractivity contribution in [1.29, 1.82) is 0 Å².